The van der Waals surface area contributed by atoms with Crippen LogP contribution < -0.4 is 21.0 Å². The average Bonchev–Trinajstić information content (AvgIpc) is 3.02. The molecule has 12 nitrogen and oxygen atoms in total. The molecule has 3 rings (SSSR count). The number of nitrogen functional groups attached to an aromatic ring is 1. The first-order chi connectivity index (χ1) is 16.4. The summed E-state index contributed by atoms with van der Waals surface area (Å²) in [7, 11) is -3.15. The lowest BCUT2D eigenvalue weighted by Crippen LogP contribution is -2.45. The number of nitrogens with two attached hydrogens (primary N) is 1. The van der Waals surface area contributed by atoms with Gasteiger partial charge in [0.25, 0.3) is 0 Å². The number of hydrogen-bond donors (Lipinski definition) is 3. The van der Waals surface area contributed by atoms with Crippen molar-refractivity contribution in [3.05, 3.63) is 53.1 Å². The number of aliphatic hydroxyl groups excluding tert-OH is 1. The Labute approximate surface area is 200 Å². The maximum absolute atomic E-state index is 15.6. The van der Waals surface area contributed by atoms with Gasteiger partial charge in [0, 0.05) is 6.20 Å². The van der Waals surface area contributed by atoms with Crippen LogP contribution in [0.25, 0.3) is 0 Å². The monoisotopic (exact) mass is 514 g/mol. The number of nitrogens with one attached hydrogen (secondary N) is 1. The Morgan fingerprint density at radius 3 is 2.60 bits per heavy atom. The zero-order chi connectivity index (χ0) is 26.0. The number of alkyl halides is 1. The molecule has 35 heavy (non-hydrogen) atoms. The summed E-state index contributed by atoms with van der Waals surface area (Å²) in [6.07, 6.45) is -4.81. The molecule has 2 heterocycles. The molecular formula is C21H28FN4O8P. The van der Waals surface area contributed by atoms with Gasteiger partial charge < -0.3 is 24.8 Å². The van der Waals surface area contributed by atoms with E-state index in [9.17, 15) is 19.3 Å². The fraction of sp³-hybridized carbons (Fsp3) is 0.476. The summed E-state index contributed by atoms with van der Waals surface area (Å²) in [5.74, 6) is -0.640. The molecule has 4 N–H and O–H groups in total. The maximum atomic E-state index is 15.6. The molecule has 0 saturated carbocycles. The van der Waals surface area contributed by atoms with Crippen LogP contribution in [0.5, 0.6) is 5.75 Å². The van der Waals surface area contributed by atoms with Crippen molar-refractivity contribution in [1.29, 1.82) is 0 Å². The quantitative estimate of drug-likeness (QED) is 0.328. The molecule has 2 aromatic rings. The van der Waals surface area contributed by atoms with E-state index in [1.54, 1.807) is 18.2 Å². The van der Waals surface area contributed by atoms with Crippen molar-refractivity contribution in [2.75, 3.05) is 12.8 Å². The van der Waals surface area contributed by atoms with Crippen molar-refractivity contribution in [2.45, 2.75) is 57.0 Å². The summed E-state index contributed by atoms with van der Waals surface area (Å²) >= 11 is 0. The Kier molecular flexibility index (Phi) is 7.97. The van der Waals surface area contributed by atoms with Gasteiger partial charge in [-0.2, -0.15) is 10.1 Å². The van der Waals surface area contributed by atoms with Crippen molar-refractivity contribution < 1.29 is 37.4 Å². The Bertz CT molecular complexity index is 1150. The zero-order valence-corrected chi connectivity index (χ0v) is 20.4. The van der Waals surface area contributed by atoms with E-state index in [0.29, 0.717) is 0 Å². The van der Waals surface area contributed by atoms with Crippen molar-refractivity contribution in [2.24, 2.45) is 0 Å². The van der Waals surface area contributed by atoms with Gasteiger partial charge in [-0.15, -0.1) is 0 Å². The van der Waals surface area contributed by atoms with Crippen molar-refractivity contribution in [1.82, 2.24) is 14.6 Å². The van der Waals surface area contributed by atoms with E-state index in [4.69, 9.17) is 19.5 Å². The number of anilines is 1. The molecule has 0 bridgehead atoms. The first-order valence-electron chi connectivity index (χ1n) is 10.6. The van der Waals surface area contributed by atoms with Crippen LogP contribution in [0.4, 0.5) is 10.2 Å². The average molecular weight is 514 g/mol. The number of aromatic nitrogens is 2. The van der Waals surface area contributed by atoms with E-state index in [2.05, 4.69) is 14.8 Å². The van der Waals surface area contributed by atoms with E-state index < -0.39 is 55.7 Å². The van der Waals surface area contributed by atoms with Crippen molar-refractivity contribution in [3.63, 3.8) is 0 Å². The molecule has 7 atom stereocenters. The second-order valence-electron chi connectivity index (χ2n) is 8.18. The summed E-state index contributed by atoms with van der Waals surface area (Å²) in [5.41, 5.74) is 2.15. The van der Waals surface area contributed by atoms with E-state index in [0.717, 1.165) is 18.6 Å². The third kappa shape index (κ3) is 5.88. The minimum atomic E-state index is -4.31. The van der Waals surface area contributed by atoms with Gasteiger partial charge in [0.2, 0.25) is 0 Å². The van der Waals surface area contributed by atoms with Crippen molar-refractivity contribution >= 4 is 19.5 Å². The number of ether oxygens (including phenoxy) is 2. The van der Waals surface area contributed by atoms with Gasteiger partial charge in [-0.1, -0.05) is 18.2 Å². The Balaban J connectivity index is 1.86. The maximum Gasteiger partial charge on any atom is 0.459 e. The number of halogens is 1. The normalized spacial score (nSPS) is 27.5. The van der Waals surface area contributed by atoms with Crippen LogP contribution >= 0.6 is 7.75 Å². The molecule has 0 spiro atoms. The predicted octanol–water partition coefficient (Wildman–Crippen LogP) is 1.56. The van der Waals surface area contributed by atoms with Gasteiger partial charge in [-0.05, 0) is 39.0 Å². The fourth-order valence-corrected chi connectivity index (χ4v) is 5.27. The number of carbonyl (C=O) groups is 1. The molecule has 1 aliphatic heterocycles. The molecule has 4 unspecified atom stereocenters. The molecule has 1 saturated heterocycles. The first-order valence-corrected chi connectivity index (χ1v) is 12.2. The topological polar surface area (TPSA) is 164 Å². The van der Waals surface area contributed by atoms with Crippen molar-refractivity contribution in [3.8, 4) is 5.75 Å². The van der Waals surface area contributed by atoms with Crippen LogP contribution in [0.1, 0.15) is 27.0 Å². The molecule has 1 aromatic heterocycles. The molecule has 0 amide bonds. The molecule has 0 radical (unpaired) electrons. The number of methoxy groups -OCH3 is 1. The van der Waals surface area contributed by atoms with E-state index in [-0.39, 0.29) is 11.6 Å². The molecular weight excluding hydrogens is 486 g/mol. The second-order valence-corrected chi connectivity index (χ2v) is 9.82. The highest BCUT2D eigenvalue weighted by Crippen LogP contribution is 2.49. The number of aliphatic hydroxyl groups is 1. The van der Waals surface area contributed by atoms with E-state index in [1.165, 1.54) is 38.2 Å². The largest absolute Gasteiger partial charge is 0.468 e. The standard InChI is InChI=1S/C21H28FN4O8P/c1-12(18(28)31-4)25-35(30,34-14-8-6-5-7-9-14)33-13(2)16-17(27)21(3,22)19(32-16)26-11-10-15(23)24-20(26)29/h5-13,16-17,19,27H,1-4H3,(H,25,30)(H2,23,24,29)/t12?,13?,16-,17+,19-,21?,35?/m1/s1. The van der Waals surface area contributed by atoms with Gasteiger partial charge in [0.1, 0.15) is 29.8 Å². The lowest BCUT2D eigenvalue weighted by Gasteiger charge is -2.29. The highest BCUT2D eigenvalue weighted by Gasteiger charge is 2.57. The summed E-state index contributed by atoms with van der Waals surface area (Å²) < 4.78 is 51.5. The molecule has 14 heteroatoms. The van der Waals surface area contributed by atoms with Crippen LogP contribution in [0.3, 0.4) is 0 Å². The van der Waals surface area contributed by atoms with Crippen LogP contribution in [0, 0.1) is 0 Å². The number of hydrogen-bond acceptors (Lipinski definition) is 10. The Morgan fingerprint density at radius 2 is 2.00 bits per heavy atom. The minimum absolute atomic E-state index is 0.0663. The van der Waals surface area contributed by atoms with Gasteiger partial charge in [0.15, 0.2) is 11.9 Å². The van der Waals surface area contributed by atoms with E-state index >= 15 is 4.39 Å². The summed E-state index contributed by atoms with van der Waals surface area (Å²) in [6, 6.07) is 8.19. The number of esters is 1. The molecule has 0 aliphatic carbocycles. The summed E-state index contributed by atoms with van der Waals surface area (Å²) in [5, 5.41) is 13.2. The van der Waals surface area contributed by atoms with Gasteiger partial charge in [-0.25, -0.2) is 13.8 Å². The smallest absolute Gasteiger partial charge is 0.459 e. The zero-order valence-electron chi connectivity index (χ0n) is 19.5. The van der Waals surface area contributed by atoms with Gasteiger partial charge in [0.05, 0.1) is 13.2 Å². The van der Waals surface area contributed by atoms with Gasteiger partial charge >= 0.3 is 19.4 Å². The molecule has 1 fully saturated rings. The number of carbonyl (C=O) groups excluding carboxylic acids is 1. The minimum Gasteiger partial charge on any atom is -0.468 e. The third-order valence-electron chi connectivity index (χ3n) is 5.41. The summed E-state index contributed by atoms with van der Waals surface area (Å²) in [6.45, 7) is 3.81. The lowest BCUT2D eigenvalue weighted by molar-refractivity contribution is -0.142. The lowest BCUT2D eigenvalue weighted by atomic mass is 9.96. The summed E-state index contributed by atoms with van der Waals surface area (Å²) in [4.78, 5) is 27.7. The number of nitrogens with zero attached hydrogens (tertiary/aromatic N) is 2. The Morgan fingerprint density at radius 1 is 1.34 bits per heavy atom. The number of benzene rings is 1. The number of rotatable bonds is 9. The predicted molar refractivity (Wildman–Crippen MR) is 122 cm³/mol. The molecule has 1 aromatic carbocycles. The SMILES string of the molecule is COC(=O)C(C)NP(=O)(Oc1ccccc1)OC(C)[C@H]1O[C@@H](n2ccc(N)nc2=O)C(C)(F)[C@H]1O. The molecule has 192 valence electrons. The number of para-hydroxylation sites is 1. The van der Waals surface area contributed by atoms with Crippen LogP contribution in [0.2, 0.25) is 0 Å². The van der Waals surface area contributed by atoms with E-state index in [1.807, 2.05) is 0 Å². The van der Waals surface area contributed by atoms with Crippen LogP contribution in [-0.4, -0.2) is 57.8 Å². The highest BCUT2D eigenvalue weighted by atomic mass is 31.2. The first kappa shape index (κ1) is 26.8. The third-order valence-corrected chi connectivity index (χ3v) is 7.17. The highest BCUT2D eigenvalue weighted by molar-refractivity contribution is 7.52. The molecule has 1 aliphatic rings. The van der Waals surface area contributed by atoms with Crippen LogP contribution in [-0.2, 0) is 23.4 Å². The van der Waals surface area contributed by atoms with Crippen LogP contribution in [0.15, 0.2) is 47.4 Å². The van der Waals surface area contributed by atoms with Gasteiger partial charge in [-0.3, -0.25) is 13.9 Å². The fourth-order valence-electron chi connectivity index (χ4n) is 3.58. The Hall–Kier alpha value is -2.83. The second kappa shape index (κ2) is 10.4.